The SMILES string of the molecule is CC(=O)N(CCNc1cccc(Cl)c1)C(Cc1ccc(C#N)cc1)c1cnc[nH]1.Cl.Cl. The van der Waals surface area contributed by atoms with Gasteiger partial charge in [0.15, 0.2) is 0 Å². The molecule has 164 valence electrons. The molecule has 6 nitrogen and oxygen atoms in total. The Morgan fingerprint density at radius 1 is 1.26 bits per heavy atom. The number of nitriles is 1. The molecule has 0 saturated carbocycles. The second-order valence-electron chi connectivity index (χ2n) is 6.69. The molecule has 3 aromatic rings. The third-order valence-corrected chi connectivity index (χ3v) is 4.91. The van der Waals surface area contributed by atoms with Crippen LogP contribution in [0.4, 0.5) is 5.69 Å². The number of imidazole rings is 1. The number of rotatable bonds is 8. The molecule has 1 aromatic heterocycles. The van der Waals surface area contributed by atoms with Crippen molar-refractivity contribution >= 4 is 48.0 Å². The van der Waals surface area contributed by atoms with Gasteiger partial charge in [0.1, 0.15) is 0 Å². The first-order valence-electron chi connectivity index (χ1n) is 9.31. The Bertz CT molecular complexity index is 987. The van der Waals surface area contributed by atoms with Gasteiger partial charge in [-0.3, -0.25) is 4.79 Å². The van der Waals surface area contributed by atoms with Gasteiger partial charge in [0, 0.05) is 30.7 Å². The van der Waals surface area contributed by atoms with E-state index >= 15 is 0 Å². The average molecular weight is 481 g/mol. The van der Waals surface area contributed by atoms with Crippen LogP contribution in [0, 0.1) is 11.3 Å². The first-order valence-corrected chi connectivity index (χ1v) is 9.68. The highest BCUT2D eigenvalue weighted by molar-refractivity contribution is 6.30. The topological polar surface area (TPSA) is 84.8 Å². The van der Waals surface area contributed by atoms with E-state index in [4.69, 9.17) is 16.9 Å². The van der Waals surface area contributed by atoms with Gasteiger partial charge in [0.25, 0.3) is 0 Å². The Morgan fingerprint density at radius 2 is 2.00 bits per heavy atom. The first kappa shape index (κ1) is 26.3. The Balaban J connectivity index is 0.00000240. The maximum Gasteiger partial charge on any atom is 0.220 e. The number of hydrogen-bond donors (Lipinski definition) is 2. The minimum Gasteiger partial charge on any atom is -0.383 e. The van der Waals surface area contributed by atoms with Crippen LogP contribution < -0.4 is 5.32 Å². The number of aromatic nitrogens is 2. The molecule has 0 fully saturated rings. The molecule has 2 N–H and O–H groups in total. The molecule has 1 amide bonds. The molecule has 0 spiro atoms. The van der Waals surface area contributed by atoms with Crippen LogP contribution in [0.2, 0.25) is 5.02 Å². The minimum atomic E-state index is -0.191. The lowest BCUT2D eigenvalue weighted by Gasteiger charge is -2.31. The van der Waals surface area contributed by atoms with Gasteiger partial charge < -0.3 is 15.2 Å². The predicted octanol–water partition coefficient (Wildman–Crippen LogP) is 5.02. The van der Waals surface area contributed by atoms with E-state index in [-0.39, 0.29) is 36.8 Å². The van der Waals surface area contributed by atoms with Crippen molar-refractivity contribution in [2.45, 2.75) is 19.4 Å². The van der Waals surface area contributed by atoms with Crippen LogP contribution in [0.25, 0.3) is 0 Å². The average Bonchev–Trinajstić information content (AvgIpc) is 3.25. The van der Waals surface area contributed by atoms with Crippen LogP contribution in [-0.4, -0.2) is 33.9 Å². The Hall–Kier alpha value is -2.72. The summed E-state index contributed by atoms with van der Waals surface area (Å²) in [5.41, 5.74) is 3.43. The zero-order valence-corrected chi connectivity index (χ0v) is 19.3. The number of halogens is 3. The van der Waals surface area contributed by atoms with Gasteiger partial charge in [-0.25, -0.2) is 4.98 Å². The maximum absolute atomic E-state index is 12.5. The predicted molar refractivity (Wildman–Crippen MR) is 128 cm³/mol. The van der Waals surface area contributed by atoms with Crippen molar-refractivity contribution in [3.8, 4) is 6.07 Å². The zero-order chi connectivity index (χ0) is 20.6. The highest BCUT2D eigenvalue weighted by atomic mass is 35.5. The standard InChI is InChI=1S/C22H22ClN5O.2ClH/c1-16(29)28(10-9-26-20-4-2-3-19(23)12-20)22(21-14-25-15-27-21)11-17-5-7-18(13-24)8-6-17;;/h2-8,12,14-15,22,26H,9-11H2,1H3,(H,25,27);2*1H. The number of carbonyl (C=O) groups excluding carboxylic acids is 1. The van der Waals surface area contributed by atoms with E-state index < -0.39 is 0 Å². The third-order valence-electron chi connectivity index (χ3n) is 4.68. The van der Waals surface area contributed by atoms with E-state index in [1.165, 1.54) is 0 Å². The van der Waals surface area contributed by atoms with Gasteiger partial charge in [-0.05, 0) is 42.3 Å². The number of amides is 1. The van der Waals surface area contributed by atoms with Crippen molar-refractivity contribution < 1.29 is 4.79 Å². The zero-order valence-electron chi connectivity index (χ0n) is 16.9. The lowest BCUT2D eigenvalue weighted by atomic mass is 10.0. The van der Waals surface area contributed by atoms with Crippen molar-refractivity contribution in [3.05, 3.63) is 82.9 Å². The maximum atomic E-state index is 12.5. The molecule has 9 heteroatoms. The van der Waals surface area contributed by atoms with E-state index in [1.807, 2.05) is 41.3 Å². The van der Waals surface area contributed by atoms with Gasteiger partial charge in [0.2, 0.25) is 5.91 Å². The number of aromatic amines is 1. The fraction of sp³-hybridized carbons (Fsp3) is 0.227. The molecule has 0 aliphatic heterocycles. The molecule has 0 saturated heterocycles. The Morgan fingerprint density at radius 3 is 2.58 bits per heavy atom. The second-order valence-corrected chi connectivity index (χ2v) is 7.12. The Kier molecular flexibility index (Phi) is 10.9. The van der Waals surface area contributed by atoms with Crippen LogP contribution in [0.5, 0.6) is 0 Å². The first-order chi connectivity index (χ1) is 14.1. The number of carbonyl (C=O) groups is 1. The summed E-state index contributed by atoms with van der Waals surface area (Å²) in [5, 5.41) is 13.0. The molecule has 2 aromatic carbocycles. The largest absolute Gasteiger partial charge is 0.383 e. The molecular formula is C22H24Cl3N5O. The van der Waals surface area contributed by atoms with Gasteiger partial charge in [0.05, 0.1) is 35.9 Å². The van der Waals surface area contributed by atoms with Gasteiger partial charge in [-0.15, -0.1) is 24.8 Å². The quantitative estimate of drug-likeness (QED) is 0.474. The van der Waals surface area contributed by atoms with E-state index in [2.05, 4.69) is 21.4 Å². The summed E-state index contributed by atoms with van der Waals surface area (Å²) in [6, 6.07) is 16.8. The van der Waals surface area contributed by atoms with Crippen LogP contribution in [0.3, 0.4) is 0 Å². The number of benzene rings is 2. The second kappa shape index (κ2) is 12.9. The summed E-state index contributed by atoms with van der Waals surface area (Å²) >= 11 is 6.03. The number of nitrogens with one attached hydrogen (secondary N) is 2. The third kappa shape index (κ3) is 7.48. The van der Waals surface area contributed by atoms with Gasteiger partial charge in [-0.2, -0.15) is 5.26 Å². The molecule has 0 bridgehead atoms. The summed E-state index contributed by atoms with van der Waals surface area (Å²) in [5.74, 6) is -0.0221. The molecule has 31 heavy (non-hydrogen) atoms. The molecular weight excluding hydrogens is 457 g/mol. The summed E-state index contributed by atoms with van der Waals surface area (Å²) in [7, 11) is 0. The normalized spacial score (nSPS) is 10.7. The molecule has 1 unspecified atom stereocenters. The minimum absolute atomic E-state index is 0. The van der Waals surface area contributed by atoms with E-state index in [9.17, 15) is 4.79 Å². The number of nitrogens with zero attached hydrogens (tertiary/aromatic N) is 3. The summed E-state index contributed by atoms with van der Waals surface area (Å²) in [6.45, 7) is 2.67. The van der Waals surface area contributed by atoms with E-state index in [0.29, 0.717) is 30.1 Å². The highest BCUT2D eigenvalue weighted by Crippen LogP contribution is 2.24. The molecule has 1 heterocycles. The number of H-pyrrole nitrogens is 1. The molecule has 0 aliphatic carbocycles. The van der Waals surface area contributed by atoms with Crippen molar-refractivity contribution in [2.24, 2.45) is 0 Å². The summed E-state index contributed by atoms with van der Waals surface area (Å²) < 4.78 is 0. The Labute approximate surface area is 199 Å². The van der Waals surface area contributed by atoms with Crippen LogP contribution in [0.15, 0.2) is 61.1 Å². The molecule has 3 rings (SSSR count). The van der Waals surface area contributed by atoms with Crippen molar-refractivity contribution in [3.63, 3.8) is 0 Å². The lowest BCUT2D eigenvalue weighted by molar-refractivity contribution is -0.131. The van der Waals surface area contributed by atoms with Crippen LogP contribution in [0.1, 0.15) is 29.8 Å². The number of hydrogen-bond acceptors (Lipinski definition) is 4. The monoisotopic (exact) mass is 479 g/mol. The highest BCUT2D eigenvalue weighted by Gasteiger charge is 2.24. The summed E-state index contributed by atoms with van der Waals surface area (Å²) in [6.07, 6.45) is 3.98. The molecule has 0 radical (unpaired) electrons. The van der Waals surface area contributed by atoms with Crippen molar-refractivity contribution in [1.29, 1.82) is 5.26 Å². The lowest BCUT2D eigenvalue weighted by Crippen LogP contribution is -2.38. The van der Waals surface area contributed by atoms with Gasteiger partial charge in [-0.1, -0.05) is 29.8 Å². The van der Waals surface area contributed by atoms with E-state index in [0.717, 1.165) is 16.9 Å². The molecule has 0 aliphatic rings. The smallest absolute Gasteiger partial charge is 0.220 e. The van der Waals surface area contributed by atoms with Crippen molar-refractivity contribution in [2.75, 3.05) is 18.4 Å². The molecule has 1 atom stereocenters. The van der Waals surface area contributed by atoms with Crippen molar-refractivity contribution in [1.82, 2.24) is 14.9 Å². The van der Waals surface area contributed by atoms with Crippen LogP contribution >= 0.6 is 36.4 Å². The fourth-order valence-corrected chi connectivity index (χ4v) is 3.42. The summed E-state index contributed by atoms with van der Waals surface area (Å²) in [4.78, 5) is 21.6. The van der Waals surface area contributed by atoms with Gasteiger partial charge >= 0.3 is 0 Å². The van der Waals surface area contributed by atoms with Crippen LogP contribution in [-0.2, 0) is 11.2 Å². The van der Waals surface area contributed by atoms with E-state index in [1.54, 1.807) is 31.6 Å². The number of anilines is 1. The fourth-order valence-electron chi connectivity index (χ4n) is 3.23.